The average molecular weight is 328 g/mol. The number of amides is 1. The number of anilines is 1. The lowest BCUT2D eigenvalue weighted by Gasteiger charge is -2.05. The van der Waals surface area contributed by atoms with E-state index in [2.05, 4.69) is 10.3 Å². The van der Waals surface area contributed by atoms with Crippen LogP contribution in [0.2, 0.25) is 0 Å². The van der Waals surface area contributed by atoms with E-state index in [1.807, 2.05) is 37.3 Å². The van der Waals surface area contributed by atoms with Crippen LogP contribution < -0.4 is 5.32 Å². The maximum absolute atomic E-state index is 11.9. The summed E-state index contributed by atoms with van der Waals surface area (Å²) in [5, 5.41) is 12.4. The minimum absolute atomic E-state index is 0.252. The molecule has 23 heavy (non-hydrogen) atoms. The van der Waals surface area contributed by atoms with E-state index in [1.54, 1.807) is 24.0 Å². The van der Waals surface area contributed by atoms with Crippen molar-refractivity contribution in [2.24, 2.45) is 11.8 Å². The number of nitrogens with one attached hydrogen (secondary N) is 1. The van der Waals surface area contributed by atoms with Crippen LogP contribution in [0.1, 0.15) is 12.0 Å². The summed E-state index contributed by atoms with van der Waals surface area (Å²) in [4.78, 5) is 28.1. The third kappa shape index (κ3) is 3.90. The second kappa shape index (κ2) is 6.42. The number of carboxylic acid groups (broad SMARTS) is 1. The van der Waals surface area contributed by atoms with Crippen LogP contribution in [0.4, 0.5) is 5.69 Å². The fourth-order valence-corrected chi connectivity index (χ4v) is 2.99. The first kappa shape index (κ1) is 15.6. The quantitative estimate of drug-likeness (QED) is 0.881. The Labute approximate surface area is 138 Å². The molecular formula is C17H16N2O3S. The Balaban J connectivity index is 1.58. The van der Waals surface area contributed by atoms with Crippen LogP contribution in [0.5, 0.6) is 0 Å². The minimum atomic E-state index is -0.909. The van der Waals surface area contributed by atoms with E-state index in [9.17, 15) is 9.59 Å². The SMILES string of the molecule is Cc1ccc(Sc2ccc(NC(=O)C3CC3C(=O)O)cn2)cc1. The summed E-state index contributed by atoms with van der Waals surface area (Å²) in [5.41, 5.74) is 1.79. The Morgan fingerprint density at radius 2 is 1.91 bits per heavy atom. The van der Waals surface area contributed by atoms with Gasteiger partial charge in [0.25, 0.3) is 0 Å². The summed E-state index contributed by atoms with van der Waals surface area (Å²) in [6, 6.07) is 11.8. The Hall–Kier alpha value is -2.34. The van der Waals surface area contributed by atoms with Crippen LogP contribution in [0.3, 0.4) is 0 Å². The zero-order chi connectivity index (χ0) is 16.4. The second-order valence-corrected chi connectivity index (χ2v) is 6.67. The van der Waals surface area contributed by atoms with Crippen molar-refractivity contribution in [3.05, 3.63) is 48.2 Å². The molecule has 1 fully saturated rings. The van der Waals surface area contributed by atoms with Crippen LogP contribution in [0, 0.1) is 18.8 Å². The molecule has 0 spiro atoms. The number of benzene rings is 1. The highest BCUT2D eigenvalue weighted by atomic mass is 32.2. The van der Waals surface area contributed by atoms with Crippen LogP contribution in [0.15, 0.2) is 52.5 Å². The molecule has 1 saturated carbocycles. The lowest BCUT2D eigenvalue weighted by atomic mass is 10.2. The Morgan fingerprint density at radius 3 is 2.48 bits per heavy atom. The number of rotatable bonds is 5. The molecule has 2 N–H and O–H groups in total. The van der Waals surface area contributed by atoms with Crippen LogP contribution in [-0.2, 0) is 9.59 Å². The molecule has 0 bridgehead atoms. The molecule has 1 heterocycles. The summed E-state index contributed by atoms with van der Waals surface area (Å²) < 4.78 is 0. The van der Waals surface area contributed by atoms with E-state index in [0.29, 0.717) is 12.1 Å². The average Bonchev–Trinajstić information content (AvgIpc) is 3.32. The molecule has 2 aromatic rings. The number of carbonyl (C=O) groups is 2. The molecular weight excluding hydrogens is 312 g/mol. The van der Waals surface area contributed by atoms with E-state index >= 15 is 0 Å². The van der Waals surface area contributed by atoms with Gasteiger partial charge in [-0.25, -0.2) is 4.98 Å². The normalized spacial score (nSPS) is 19.2. The number of aliphatic carboxylic acids is 1. The minimum Gasteiger partial charge on any atom is -0.481 e. The number of aromatic nitrogens is 1. The Morgan fingerprint density at radius 1 is 1.17 bits per heavy atom. The van der Waals surface area contributed by atoms with Crippen LogP contribution in [0.25, 0.3) is 0 Å². The van der Waals surface area contributed by atoms with Gasteiger partial charge in [-0.3, -0.25) is 9.59 Å². The van der Waals surface area contributed by atoms with Gasteiger partial charge in [-0.15, -0.1) is 0 Å². The number of hydrogen-bond acceptors (Lipinski definition) is 4. The van der Waals surface area contributed by atoms with Gasteiger partial charge < -0.3 is 10.4 Å². The summed E-state index contributed by atoms with van der Waals surface area (Å²) in [5.74, 6) is -2.13. The molecule has 1 aliphatic carbocycles. The summed E-state index contributed by atoms with van der Waals surface area (Å²) in [6.45, 7) is 2.04. The molecule has 0 radical (unpaired) electrons. The van der Waals surface area contributed by atoms with E-state index in [0.717, 1.165) is 9.92 Å². The molecule has 5 nitrogen and oxygen atoms in total. The maximum Gasteiger partial charge on any atom is 0.307 e. The largest absolute Gasteiger partial charge is 0.481 e. The standard InChI is InChI=1S/C17H16N2O3S/c1-10-2-5-12(6-3-10)23-15-7-4-11(9-18-15)19-16(20)13-8-14(13)17(21)22/h2-7,9,13-14H,8H2,1H3,(H,19,20)(H,21,22). The van der Waals surface area contributed by atoms with Crippen molar-refractivity contribution >= 4 is 29.3 Å². The van der Waals surface area contributed by atoms with E-state index in [1.165, 1.54) is 5.56 Å². The molecule has 2 unspecified atom stereocenters. The molecule has 0 saturated heterocycles. The van der Waals surface area contributed by atoms with Gasteiger partial charge in [0, 0.05) is 4.90 Å². The van der Waals surface area contributed by atoms with Gasteiger partial charge in [0.2, 0.25) is 5.91 Å². The first-order valence-electron chi connectivity index (χ1n) is 7.27. The van der Waals surface area contributed by atoms with Crippen molar-refractivity contribution in [3.63, 3.8) is 0 Å². The predicted molar refractivity (Wildman–Crippen MR) is 87.4 cm³/mol. The molecule has 118 valence electrons. The third-order valence-corrected chi connectivity index (χ3v) is 4.65. The Bertz CT molecular complexity index is 729. The number of pyridine rings is 1. The number of hydrogen-bond donors (Lipinski definition) is 2. The van der Waals surface area contributed by atoms with Gasteiger partial charge in [-0.05, 0) is 37.6 Å². The lowest BCUT2D eigenvalue weighted by Crippen LogP contribution is -2.16. The van der Waals surface area contributed by atoms with Crippen molar-refractivity contribution in [2.45, 2.75) is 23.3 Å². The first-order chi connectivity index (χ1) is 11.0. The second-order valence-electron chi connectivity index (χ2n) is 5.58. The molecule has 1 aliphatic rings. The number of nitrogens with zero attached hydrogens (tertiary/aromatic N) is 1. The zero-order valence-electron chi connectivity index (χ0n) is 12.5. The van der Waals surface area contributed by atoms with Gasteiger partial charge in [0.05, 0.1) is 23.7 Å². The first-order valence-corrected chi connectivity index (χ1v) is 8.09. The van der Waals surface area contributed by atoms with Gasteiger partial charge in [-0.1, -0.05) is 29.5 Å². The topological polar surface area (TPSA) is 79.3 Å². The van der Waals surface area contributed by atoms with Crippen LogP contribution in [-0.4, -0.2) is 22.0 Å². The van der Waals surface area contributed by atoms with Crippen molar-refractivity contribution in [2.75, 3.05) is 5.32 Å². The molecule has 3 rings (SSSR count). The van der Waals surface area contributed by atoms with Crippen molar-refractivity contribution in [1.82, 2.24) is 4.98 Å². The maximum atomic E-state index is 11.9. The van der Waals surface area contributed by atoms with Gasteiger partial charge in [0.15, 0.2) is 0 Å². The highest BCUT2D eigenvalue weighted by molar-refractivity contribution is 7.99. The fourth-order valence-electron chi connectivity index (χ4n) is 2.23. The summed E-state index contributed by atoms with van der Waals surface area (Å²) in [7, 11) is 0. The molecule has 0 aliphatic heterocycles. The molecule has 6 heteroatoms. The molecule has 2 atom stereocenters. The van der Waals surface area contributed by atoms with Gasteiger partial charge >= 0.3 is 5.97 Å². The van der Waals surface area contributed by atoms with Crippen LogP contribution >= 0.6 is 11.8 Å². The number of aryl methyl sites for hydroxylation is 1. The van der Waals surface area contributed by atoms with Crippen molar-refractivity contribution in [1.29, 1.82) is 0 Å². The zero-order valence-corrected chi connectivity index (χ0v) is 13.3. The smallest absolute Gasteiger partial charge is 0.307 e. The molecule has 1 aromatic carbocycles. The lowest BCUT2D eigenvalue weighted by molar-refractivity contribution is -0.139. The van der Waals surface area contributed by atoms with Gasteiger partial charge in [0.1, 0.15) is 5.03 Å². The summed E-state index contributed by atoms with van der Waals surface area (Å²) in [6.07, 6.45) is 2.00. The van der Waals surface area contributed by atoms with E-state index in [-0.39, 0.29) is 5.91 Å². The molecule has 1 aromatic heterocycles. The highest BCUT2D eigenvalue weighted by Gasteiger charge is 2.48. The predicted octanol–water partition coefficient (Wildman–Crippen LogP) is 3.20. The van der Waals surface area contributed by atoms with Gasteiger partial charge in [-0.2, -0.15) is 0 Å². The monoisotopic (exact) mass is 328 g/mol. The summed E-state index contributed by atoms with van der Waals surface area (Å²) >= 11 is 1.55. The molecule has 1 amide bonds. The van der Waals surface area contributed by atoms with E-state index < -0.39 is 17.8 Å². The number of carboxylic acids is 1. The highest BCUT2D eigenvalue weighted by Crippen LogP contribution is 2.39. The van der Waals surface area contributed by atoms with E-state index in [4.69, 9.17) is 5.11 Å². The van der Waals surface area contributed by atoms with Crippen molar-refractivity contribution in [3.8, 4) is 0 Å². The fraction of sp³-hybridized carbons (Fsp3) is 0.235. The third-order valence-electron chi connectivity index (χ3n) is 3.69. The number of carbonyl (C=O) groups excluding carboxylic acids is 1. The Kier molecular flexibility index (Phi) is 4.34. The van der Waals surface area contributed by atoms with Crippen molar-refractivity contribution < 1.29 is 14.7 Å².